The van der Waals surface area contributed by atoms with Gasteiger partial charge in [-0.15, -0.1) is 0 Å². The molecule has 2 fully saturated rings. The molecule has 4 aliphatic heterocycles. The molecular formula is C36H41N3O6Si. The summed E-state index contributed by atoms with van der Waals surface area (Å²) in [4.78, 5) is 58.3. The van der Waals surface area contributed by atoms with Crippen LogP contribution < -0.4 is 9.80 Å². The van der Waals surface area contributed by atoms with Crippen LogP contribution in [0.15, 0.2) is 72.8 Å². The summed E-state index contributed by atoms with van der Waals surface area (Å²) >= 11 is 0. The van der Waals surface area contributed by atoms with Gasteiger partial charge < -0.3 is 29.3 Å². The maximum absolute atomic E-state index is 14.8. The average molecular weight is 640 g/mol. The SMILES string of the molecule is C[C@@H]1[C@@H]([Si](C)(C)O)[C@H](CC(=O)N2Cc3ccccc3C[C@H]2CO)O[C@@]12C(=O)N(Cc1ccccc1)c1ccc(N3CCC3=O)cc12. The summed E-state index contributed by atoms with van der Waals surface area (Å²) < 4.78 is 6.95. The molecule has 10 heteroatoms. The van der Waals surface area contributed by atoms with Crippen molar-refractivity contribution in [3.05, 3.63) is 95.1 Å². The second-order valence-corrected chi connectivity index (χ2v) is 17.7. The highest BCUT2D eigenvalue weighted by atomic mass is 28.4. The molecule has 9 nitrogen and oxygen atoms in total. The molecule has 0 aliphatic carbocycles. The Morgan fingerprint density at radius 1 is 1.02 bits per heavy atom. The lowest BCUT2D eigenvalue weighted by Gasteiger charge is -2.37. The highest BCUT2D eigenvalue weighted by Gasteiger charge is 2.66. The first kappa shape index (κ1) is 30.8. The summed E-state index contributed by atoms with van der Waals surface area (Å²) in [7, 11) is -3.01. The normalized spacial score (nSPS) is 27.2. The third-order valence-electron chi connectivity index (χ3n) is 10.6. The standard InChI is InChI=1S/C36H41N3O6Si/c1-23-34(46(2,3)44)31(19-33(42)38-21-26-12-8-7-11-25(26)17-28(38)22-40)45-36(23)29-18-27(37-16-15-32(37)41)13-14-30(29)39(35(36)43)20-24-9-5-4-6-10-24/h4-14,18,23,28,31,34,40,44H,15-17,19-22H2,1-3H3/t23-,28+,31+,34-,36+/m1/s1. The van der Waals surface area contributed by atoms with Gasteiger partial charge in [-0.3, -0.25) is 14.4 Å². The lowest BCUT2D eigenvalue weighted by atomic mass is 9.82. The summed E-state index contributed by atoms with van der Waals surface area (Å²) in [6.45, 7) is 6.84. The summed E-state index contributed by atoms with van der Waals surface area (Å²) in [5.41, 5.74) is 3.40. The molecule has 46 heavy (non-hydrogen) atoms. The molecule has 3 amide bonds. The Labute approximate surface area is 270 Å². The number of fused-ring (bicyclic) bond motifs is 3. The Morgan fingerprint density at radius 2 is 1.74 bits per heavy atom. The second kappa shape index (κ2) is 11.4. The van der Waals surface area contributed by atoms with Gasteiger partial charge in [-0.25, -0.2) is 0 Å². The quantitative estimate of drug-likeness (QED) is 0.298. The van der Waals surface area contributed by atoms with Gasteiger partial charge in [-0.2, -0.15) is 0 Å². The molecular weight excluding hydrogens is 598 g/mol. The molecule has 2 N–H and O–H groups in total. The zero-order chi connectivity index (χ0) is 32.4. The van der Waals surface area contributed by atoms with Crippen molar-refractivity contribution in [3.63, 3.8) is 0 Å². The van der Waals surface area contributed by atoms with E-state index >= 15 is 0 Å². The molecule has 0 unspecified atom stereocenters. The minimum absolute atomic E-state index is 0.0159. The van der Waals surface area contributed by atoms with Gasteiger partial charge in [-0.05, 0) is 54.4 Å². The van der Waals surface area contributed by atoms with Crippen molar-refractivity contribution in [1.82, 2.24) is 4.90 Å². The van der Waals surface area contributed by atoms with Gasteiger partial charge in [0.25, 0.3) is 5.91 Å². The average Bonchev–Trinajstić information content (AvgIpc) is 3.46. The molecule has 5 atom stereocenters. The first-order chi connectivity index (χ1) is 22.0. The van der Waals surface area contributed by atoms with E-state index in [0.29, 0.717) is 49.4 Å². The number of nitrogens with zero attached hydrogens (tertiary/aromatic N) is 3. The first-order valence-corrected chi connectivity index (χ1v) is 19.2. The van der Waals surface area contributed by atoms with Gasteiger partial charge >= 0.3 is 0 Å². The number of amides is 3. The second-order valence-electron chi connectivity index (χ2n) is 13.8. The van der Waals surface area contributed by atoms with Crippen molar-refractivity contribution >= 4 is 37.4 Å². The first-order valence-electron chi connectivity index (χ1n) is 16.2. The van der Waals surface area contributed by atoms with Gasteiger partial charge in [0.05, 0.1) is 37.4 Å². The van der Waals surface area contributed by atoms with E-state index in [2.05, 4.69) is 0 Å². The Hall–Kier alpha value is -3.83. The van der Waals surface area contributed by atoms with Crippen LogP contribution in [0.5, 0.6) is 0 Å². The summed E-state index contributed by atoms with van der Waals surface area (Å²) in [6.07, 6.45) is 0.318. The highest BCUT2D eigenvalue weighted by Crippen LogP contribution is 2.60. The number of aliphatic hydroxyl groups excluding tert-OH is 1. The van der Waals surface area contributed by atoms with E-state index in [4.69, 9.17) is 4.74 Å². The number of aliphatic hydroxyl groups is 1. The van der Waals surface area contributed by atoms with E-state index in [1.807, 2.05) is 92.8 Å². The van der Waals surface area contributed by atoms with Crippen molar-refractivity contribution in [2.75, 3.05) is 23.0 Å². The van der Waals surface area contributed by atoms with Crippen molar-refractivity contribution < 1.29 is 29.0 Å². The van der Waals surface area contributed by atoms with Crippen LogP contribution in [-0.4, -0.2) is 66.1 Å². The lowest BCUT2D eigenvalue weighted by molar-refractivity contribution is -0.151. The number of benzene rings is 3. The summed E-state index contributed by atoms with van der Waals surface area (Å²) in [5.74, 6) is -0.796. The predicted octanol–water partition coefficient (Wildman–Crippen LogP) is 4.10. The topological polar surface area (TPSA) is 111 Å². The fourth-order valence-corrected chi connectivity index (χ4v) is 10.8. The van der Waals surface area contributed by atoms with Gasteiger partial charge in [0.15, 0.2) is 13.9 Å². The van der Waals surface area contributed by atoms with E-state index < -0.39 is 31.5 Å². The van der Waals surface area contributed by atoms with E-state index in [1.165, 1.54) is 0 Å². The minimum atomic E-state index is -3.01. The third-order valence-corrected chi connectivity index (χ3v) is 13.1. The van der Waals surface area contributed by atoms with Crippen molar-refractivity contribution in [2.24, 2.45) is 5.92 Å². The Morgan fingerprint density at radius 3 is 2.39 bits per heavy atom. The van der Waals surface area contributed by atoms with Crippen molar-refractivity contribution in [1.29, 1.82) is 0 Å². The molecule has 2 saturated heterocycles. The zero-order valence-corrected chi connectivity index (χ0v) is 27.6. The molecule has 4 heterocycles. The summed E-state index contributed by atoms with van der Waals surface area (Å²) in [5, 5.41) is 10.3. The molecule has 1 spiro atoms. The van der Waals surface area contributed by atoms with Crippen LogP contribution >= 0.6 is 0 Å². The molecule has 0 aromatic heterocycles. The molecule has 4 aliphatic rings. The van der Waals surface area contributed by atoms with Crippen LogP contribution in [0.1, 0.15) is 42.0 Å². The van der Waals surface area contributed by atoms with Gasteiger partial charge in [-0.1, -0.05) is 61.5 Å². The van der Waals surface area contributed by atoms with Crippen molar-refractivity contribution in [2.45, 2.75) is 75.7 Å². The molecule has 0 bridgehead atoms. The Kier molecular flexibility index (Phi) is 7.67. The minimum Gasteiger partial charge on any atom is -0.432 e. The van der Waals surface area contributed by atoms with E-state index in [1.54, 1.807) is 14.7 Å². The molecule has 3 aromatic rings. The highest BCUT2D eigenvalue weighted by molar-refractivity contribution is 6.71. The van der Waals surface area contributed by atoms with E-state index in [0.717, 1.165) is 16.7 Å². The fraction of sp³-hybridized carbons (Fsp3) is 0.417. The van der Waals surface area contributed by atoms with Gasteiger partial charge in [0.2, 0.25) is 11.8 Å². The van der Waals surface area contributed by atoms with Crippen LogP contribution in [0, 0.1) is 5.92 Å². The Balaban J connectivity index is 1.27. The number of β-lactam (4-membered cyclic amide) rings is 1. The number of carbonyl (C=O) groups is 3. The Bertz CT molecular complexity index is 1690. The van der Waals surface area contributed by atoms with Gasteiger partial charge in [0, 0.05) is 42.2 Å². The predicted molar refractivity (Wildman–Crippen MR) is 176 cm³/mol. The molecule has 3 aromatic carbocycles. The number of hydrogen-bond donors (Lipinski definition) is 2. The maximum atomic E-state index is 14.8. The molecule has 0 radical (unpaired) electrons. The van der Waals surface area contributed by atoms with Crippen LogP contribution in [0.4, 0.5) is 11.4 Å². The van der Waals surface area contributed by atoms with Crippen LogP contribution in [0.25, 0.3) is 0 Å². The van der Waals surface area contributed by atoms with Gasteiger partial charge in [0.1, 0.15) is 0 Å². The van der Waals surface area contributed by atoms with Crippen LogP contribution in [0.3, 0.4) is 0 Å². The van der Waals surface area contributed by atoms with Crippen LogP contribution in [-0.2, 0) is 44.2 Å². The third kappa shape index (κ3) is 4.90. The summed E-state index contributed by atoms with van der Waals surface area (Å²) in [6, 6.07) is 23.1. The molecule has 240 valence electrons. The number of rotatable bonds is 7. The largest absolute Gasteiger partial charge is 0.432 e. The molecule has 7 rings (SSSR count). The van der Waals surface area contributed by atoms with Crippen LogP contribution in [0.2, 0.25) is 18.6 Å². The fourth-order valence-electron chi connectivity index (χ4n) is 8.28. The number of carbonyl (C=O) groups excluding carboxylic acids is 3. The smallest absolute Gasteiger partial charge is 0.264 e. The number of hydrogen-bond acceptors (Lipinski definition) is 6. The number of ether oxygens (including phenoxy) is 1. The molecule has 0 saturated carbocycles. The monoisotopic (exact) mass is 639 g/mol. The number of anilines is 2. The zero-order valence-electron chi connectivity index (χ0n) is 26.6. The lowest BCUT2D eigenvalue weighted by Crippen LogP contribution is -2.48. The van der Waals surface area contributed by atoms with E-state index in [-0.39, 0.29) is 36.8 Å². The van der Waals surface area contributed by atoms with Crippen molar-refractivity contribution in [3.8, 4) is 0 Å². The van der Waals surface area contributed by atoms with E-state index in [9.17, 15) is 24.3 Å². The maximum Gasteiger partial charge on any atom is 0.264 e.